The monoisotopic (exact) mass is 532 g/mol. The number of hydrogen-bond acceptors (Lipinski definition) is 6. The molecule has 1 saturated heterocycles. The van der Waals surface area contributed by atoms with Crippen molar-refractivity contribution in [2.24, 2.45) is 0 Å². The molecule has 1 aromatic heterocycles. The van der Waals surface area contributed by atoms with Crippen LogP contribution in [0.4, 0.5) is 5.69 Å². The van der Waals surface area contributed by atoms with Crippen LogP contribution in [-0.4, -0.2) is 47.4 Å². The Morgan fingerprint density at radius 3 is 2.63 bits per heavy atom. The van der Waals surface area contributed by atoms with E-state index in [9.17, 15) is 9.59 Å². The molecule has 0 unspecified atom stereocenters. The van der Waals surface area contributed by atoms with Gasteiger partial charge in [0.05, 0.1) is 12.2 Å². The smallest absolute Gasteiger partial charge is 0.270 e. The highest BCUT2D eigenvalue weighted by molar-refractivity contribution is 7.09. The number of thiazole rings is 1. The Kier molecular flexibility index (Phi) is 7.81. The minimum absolute atomic E-state index is 0.00516. The average molecular weight is 533 g/mol. The first-order valence-electron chi connectivity index (χ1n) is 13.4. The molecule has 0 atom stereocenters. The molecule has 2 aromatic carbocycles. The van der Waals surface area contributed by atoms with Crippen LogP contribution in [0.5, 0.6) is 5.75 Å². The summed E-state index contributed by atoms with van der Waals surface area (Å²) in [4.78, 5) is 34.6. The number of nitrogens with one attached hydrogen (secondary N) is 1. The Labute approximate surface area is 228 Å². The molecule has 3 heterocycles. The second kappa shape index (κ2) is 11.3. The number of benzene rings is 2. The van der Waals surface area contributed by atoms with Crippen LogP contribution in [0.25, 0.3) is 0 Å². The first kappa shape index (κ1) is 26.4. The molecule has 200 valence electrons. The molecule has 1 fully saturated rings. The van der Waals surface area contributed by atoms with E-state index in [-0.39, 0.29) is 29.9 Å². The fraction of sp³-hybridized carbons (Fsp3) is 0.433. The Bertz CT molecular complexity index is 1280. The predicted molar refractivity (Wildman–Crippen MR) is 151 cm³/mol. The van der Waals surface area contributed by atoms with Crippen LogP contribution in [0.3, 0.4) is 0 Å². The summed E-state index contributed by atoms with van der Waals surface area (Å²) in [6, 6.07) is 16.7. The van der Waals surface area contributed by atoms with Gasteiger partial charge in [0.1, 0.15) is 16.5 Å². The summed E-state index contributed by atoms with van der Waals surface area (Å²) in [5.41, 5.74) is 3.65. The van der Waals surface area contributed by atoms with E-state index in [1.165, 1.54) is 16.9 Å². The van der Waals surface area contributed by atoms with E-state index in [0.29, 0.717) is 18.0 Å². The molecule has 0 aliphatic carbocycles. The highest BCUT2D eigenvalue weighted by atomic mass is 32.1. The van der Waals surface area contributed by atoms with Crippen molar-refractivity contribution in [3.05, 3.63) is 75.7 Å². The molecular weight excluding hydrogens is 496 g/mol. The summed E-state index contributed by atoms with van der Waals surface area (Å²) in [5, 5.41) is 5.69. The van der Waals surface area contributed by atoms with Gasteiger partial charge in [0, 0.05) is 31.1 Å². The van der Waals surface area contributed by atoms with E-state index in [1.54, 1.807) is 10.3 Å². The third kappa shape index (κ3) is 5.92. The van der Waals surface area contributed by atoms with Gasteiger partial charge in [-0.25, -0.2) is 4.98 Å². The van der Waals surface area contributed by atoms with Crippen molar-refractivity contribution >= 4 is 28.8 Å². The number of carbonyl (C=O) groups is 2. The lowest BCUT2D eigenvalue weighted by molar-refractivity contribution is -0.121. The van der Waals surface area contributed by atoms with Gasteiger partial charge in [-0.05, 0) is 47.9 Å². The Hall–Kier alpha value is -3.23. The van der Waals surface area contributed by atoms with Gasteiger partial charge in [0.25, 0.3) is 11.8 Å². The fourth-order valence-electron chi connectivity index (χ4n) is 4.96. The number of piperidine rings is 1. The van der Waals surface area contributed by atoms with E-state index in [1.807, 2.05) is 12.1 Å². The molecule has 5 rings (SSSR count). The molecule has 2 amide bonds. The number of rotatable bonds is 8. The largest absolute Gasteiger partial charge is 0.482 e. The molecule has 7 nitrogen and oxygen atoms in total. The van der Waals surface area contributed by atoms with Crippen LogP contribution < -0.4 is 15.0 Å². The van der Waals surface area contributed by atoms with Gasteiger partial charge in [-0.1, -0.05) is 57.2 Å². The normalized spacial score (nSPS) is 16.7. The van der Waals surface area contributed by atoms with Crippen molar-refractivity contribution in [3.63, 3.8) is 0 Å². The van der Waals surface area contributed by atoms with E-state index < -0.39 is 0 Å². The number of carbonyl (C=O) groups excluding carboxylic acids is 2. The summed E-state index contributed by atoms with van der Waals surface area (Å²) >= 11 is 1.41. The average Bonchev–Trinajstić information content (AvgIpc) is 3.41. The summed E-state index contributed by atoms with van der Waals surface area (Å²) in [5.74, 6) is 0.454. The number of nitrogens with zero attached hydrogens (tertiary/aromatic N) is 3. The van der Waals surface area contributed by atoms with Crippen LogP contribution in [0.15, 0.2) is 53.9 Å². The highest BCUT2D eigenvalue weighted by Gasteiger charge is 2.29. The van der Waals surface area contributed by atoms with Crippen LogP contribution in [0.2, 0.25) is 0 Å². The highest BCUT2D eigenvalue weighted by Crippen LogP contribution is 2.38. The predicted octanol–water partition coefficient (Wildman–Crippen LogP) is 5.15. The molecule has 2 aliphatic rings. The summed E-state index contributed by atoms with van der Waals surface area (Å²) in [7, 11) is 0. The van der Waals surface area contributed by atoms with Crippen LogP contribution >= 0.6 is 11.3 Å². The first-order chi connectivity index (χ1) is 18.3. The van der Waals surface area contributed by atoms with Gasteiger partial charge in [-0.2, -0.15) is 0 Å². The van der Waals surface area contributed by atoms with Crippen molar-refractivity contribution in [3.8, 4) is 5.75 Å². The Morgan fingerprint density at radius 1 is 1.13 bits per heavy atom. The maximum Gasteiger partial charge on any atom is 0.270 e. The number of fused-ring (bicyclic) bond motifs is 1. The third-order valence-corrected chi connectivity index (χ3v) is 8.65. The molecule has 2 aliphatic heterocycles. The van der Waals surface area contributed by atoms with Gasteiger partial charge < -0.3 is 10.1 Å². The molecular formula is C30H36N4O3S. The molecule has 0 bridgehead atoms. The van der Waals surface area contributed by atoms with Crippen molar-refractivity contribution in [2.75, 3.05) is 24.6 Å². The van der Waals surface area contributed by atoms with E-state index >= 15 is 0 Å². The van der Waals surface area contributed by atoms with Crippen LogP contribution in [0.1, 0.15) is 66.7 Å². The van der Waals surface area contributed by atoms with E-state index in [2.05, 4.69) is 72.4 Å². The second-order valence-corrected chi connectivity index (χ2v) is 11.8. The molecule has 3 aromatic rings. The van der Waals surface area contributed by atoms with Gasteiger partial charge in [-0.15, -0.1) is 11.3 Å². The lowest BCUT2D eigenvalue weighted by atomic mass is 9.82. The van der Waals surface area contributed by atoms with Crippen molar-refractivity contribution in [1.29, 1.82) is 0 Å². The van der Waals surface area contributed by atoms with Gasteiger partial charge in [-0.3, -0.25) is 19.4 Å². The molecule has 1 N–H and O–H groups in total. The molecule has 8 heteroatoms. The minimum atomic E-state index is -0.144. The summed E-state index contributed by atoms with van der Waals surface area (Å²) in [6.07, 6.45) is 2.83. The van der Waals surface area contributed by atoms with Gasteiger partial charge in [0.2, 0.25) is 0 Å². The standard InChI is InChI=1S/C30H36N4O3S/c1-4-30(2,3)22-10-11-26-25(16-22)34(28(35)19-37-26)18-27-32-24(20-38-27)29(36)31-23-12-14-33(15-13-23)17-21-8-6-5-7-9-21/h5-11,16,20,23H,4,12-15,17-19H2,1-3H3,(H,31,36). The quantitative estimate of drug-likeness (QED) is 0.434. The summed E-state index contributed by atoms with van der Waals surface area (Å²) < 4.78 is 5.70. The topological polar surface area (TPSA) is 74.8 Å². The SMILES string of the molecule is CCC(C)(C)c1ccc2c(c1)N(Cc1nc(C(=O)NC3CCN(Cc4ccccc4)CC3)cs1)C(=O)CO2. The lowest BCUT2D eigenvalue weighted by Gasteiger charge is -2.32. The molecule has 0 radical (unpaired) electrons. The number of anilines is 1. The maximum atomic E-state index is 13.0. The number of hydrogen-bond donors (Lipinski definition) is 1. The van der Waals surface area contributed by atoms with E-state index in [0.717, 1.165) is 55.2 Å². The minimum Gasteiger partial charge on any atom is -0.482 e. The van der Waals surface area contributed by atoms with Crippen molar-refractivity contribution in [2.45, 2.75) is 64.6 Å². The maximum absolute atomic E-state index is 13.0. The van der Waals surface area contributed by atoms with Gasteiger partial charge >= 0.3 is 0 Å². The first-order valence-corrected chi connectivity index (χ1v) is 14.3. The Morgan fingerprint density at radius 2 is 1.89 bits per heavy atom. The van der Waals surface area contributed by atoms with Crippen molar-refractivity contribution < 1.29 is 14.3 Å². The molecule has 38 heavy (non-hydrogen) atoms. The van der Waals surface area contributed by atoms with Gasteiger partial charge in [0.15, 0.2) is 6.61 Å². The number of aromatic nitrogens is 1. The van der Waals surface area contributed by atoms with Crippen LogP contribution in [-0.2, 0) is 23.3 Å². The van der Waals surface area contributed by atoms with Crippen LogP contribution in [0, 0.1) is 0 Å². The lowest BCUT2D eigenvalue weighted by Crippen LogP contribution is -2.44. The van der Waals surface area contributed by atoms with E-state index in [4.69, 9.17) is 4.74 Å². The Balaban J connectivity index is 1.20. The number of likely N-dealkylation sites (tertiary alicyclic amines) is 1. The summed E-state index contributed by atoms with van der Waals surface area (Å²) in [6.45, 7) is 9.74. The zero-order valence-corrected chi connectivity index (χ0v) is 23.2. The fourth-order valence-corrected chi connectivity index (χ4v) is 5.72. The molecule has 0 saturated carbocycles. The molecule has 0 spiro atoms. The zero-order chi connectivity index (χ0) is 26.7. The van der Waals surface area contributed by atoms with Crippen molar-refractivity contribution in [1.82, 2.24) is 15.2 Å². The second-order valence-electron chi connectivity index (χ2n) is 10.8. The number of amides is 2. The zero-order valence-electron chi connectivity index (χ0n) is 22.4. The third-order valence-electron chi connectivity index (χ3n) is 7.82. The number of ether oxygens (including phenoxy) is 1.